The second-order valence-electron chi connectivity index (χ2n) is 5.03. The molecule has 0 atom stereocenters. The monoisotopic (exact) mass is 268 g/mol. The number of fused-ring (bicyclic) bond motifs is 1. The molecule has 4 nitrogen and oxygen atoms in total. The number of benzene rings is 1. The first-order chi connectivity index (χ1) is 9.74. The molecule has 0 saturated heterocycles. The van der Waals surface area contributed by atoms with Gasteiger partial charge < -0.3 is 10.3 Å². The number of amides is 1. The van der Waals surface area contributed by atoms with E-state index >= 15 is 0 Å². The third-order valence-corrected chi connectivity index (χ3v) is 3.66. The van der Waals surface area contributed by atoms with E-state index in [0.717, 1.165) is 24.9 Å². The molecule has 2 aromatic rings. The Bertz CT molecular complexity index is 704. The first-order valence-electron chi connectivity index (χ1n) is 6.85. The van der Waals surface area contributed by atoms with Gasteiger partial charge in [-0.25, -0.2) is 0 Å². The largest absolute Gasteiger partial charge is 0.320 e. The quantitative estimate of drug-likeness (QED) is 0.879. The first-order valence-corrected chi connectivity index (χ1v) is 6.85. The van der Waals surface area contributed by atoms with Crippen LogP contribution in [0.2, 0.25) is 0 Å². The first kappa shape index (κ1) is 12.7. The summed E-state index contributed by atoms with van der Waals surface area (Å²) in [7, 11) is 0. The summed E-state index contributed by atoms with van der Waals surface area (Å²) in [6, 6.07) is 10.6. The van der Waals surface area contributed by atoms with Gasteiger partial charge in [-0.1, -0.05) is 18.2 Å². The molecule has 1 heterocycles. The van der Waals surface area contributed by atoms with Gasteiger partial charge in [0, 0.05) is 11.8 Å². The molecule has 1 aromatic heterocycles. The normalized spacial score (nSPS) is 13.6. The van der Waals surface area contributed by atoms with Crippen molar-refractivity contribution in [2.45, 2.75) is 25.7 Å². The van der Waals surface area contributed by atoms with Crippen LogP contribution in [0, 0.1) is 0 Å². The Hall–Kier alpha value is -2.36. The number of anilines is 1. The van der Waals surface area contributed by atoms with Crippen LogP contribution in [0.4, 0.5) is 5.69 Å². The summed E-state index contributed by atoms with van der Waals surface area (Å²) in [5.74, 6) is -0.276. The van der Waals surface area contributed by atoms with E-state index < -0.39 is 0 Å². The zero-order valence-corrected chi connectivity index (χ0v) is 11.1. The minimum atomic E-state index is -0.276. The minimum Gasteiger partial charge on any atom is -0.320 e. The van der Waals surface area contributed by atoms with Crippen molar-refractivity contribution in [3.05, 3.63) is 63.6 Å². The molecule has 0 unspecified atom stereocenters. The Morgan fingerprint density at radius 1 is 1.05 bits per heavy atom. The Kier molecular flexibility index (Phi) is 3.37. The highest BCUT2D eigenvalue weighted by Crippen LogP contribution is 2.27. The highest BCUT2D eigenvalue weighted by atomic mass is 16.2. The molecule has 0 radical (unpaired) electrons. The van der Waals surface area contributed by atoms with Crippen LogP contribution in [0.1, 0.15) is 34.5 Å². The predicted octanol–water partition coefficient (Wildman–Crippen LogP) is 2.51. The zero-order valence-electron chi connectivity index (χ0n) is 11.1. The van der Waals surface area contributed by atoms with Gasteiger partial charge in [-0.15, -0.1) is 0 Å². The fraction of sp³-hybridized carbons (Fsp3) is 0.250. The van der Waals surface area contributed by atoms with Crippen molar-refractivity contribution in [1.29, 1.82) is 0 Å². The van der Waals surface area contributed by atoms with Crippen molar-refractivity contribution >= 4 is 11.6 Å². The number of carbonyl (C=O) groups excluding carboxylic acids is 1. The Labute approximate surface area is 116 Å². The van der Waals surface area contributed by atoms with Gasteiger partial charge >= 0.3 is 0 Å². The van der Waals surface area contributed by atoms with Gasteiger partial charge in [0.25, 0.3) is 5.91 Å². The van der Waals surface area contributed by atoms with Crippen molar-refractivity contribution in [3.63, 3.8) is 0 Å². The van der Waals surface area contributed by atoms with E-state index in [9.17, 15) is 9.59 Å². The number of aromatic nitrogens is 1. The summed E-state index contributed by atoms with van der Waals surface area (Å²) in [6.07, 6.45) is 4.43. The number of rotatable bonds is 2. The van der Waals surface area contributed by atoms with E-state index in [2.05, 4.69) is 16.4 Å². The number of nitrogens with one attached hydrogen (secondary N) is 2. The van der Waals surface area contributed by atoms with Crippen LogP contribution in [0.15, 0.2) is 41.2 Å². The topological polar surface area (TPSA) is 62.0 Å². The summed E-state index contributed by atoms with van der Waals surface area (Å²) in [4.78, 5) is 26.0. The number of hydrogen-bond donors (Lipinski definition) is 2. The van der Waals surface area contributed by atoms with E-state index in [1.807, 2.05) is 12.1 Å². The van der Waals surface area contributed by atoms with E-state index in [-0.39, 0.29) is 17.2 Å². The van der Waals surface area contributed by atoms with Gasteiger partial charge in [-0.3, -0.25) is 9.59 Å². The van der Waals surface area contributed by atoms with Gasteiger partial charge in [0.15, 0.2) is 0 Å². The molecule has 2 N–H and O–H groups in total. The van der Waals surface area contributed by atoms with E-state index in [4.69, 9.17) is 0 Å². The van der Waals surface area contributed by atoms with Gasteiger partial charge in [-0.05, 0) is 48.9 Å². The van der Waals surface area contributed by atoms with Crippen molar-refractivity contribution < 1.29 is 4.79 Å². The third-order valence-electron chi connectivity index (χ3n) is 3.66. The Morgan fingerprint density at radius 3 is 2.70 bits per heavy atom. The molecular weight excluding hydrogens is 252 g/mol. The lowest BCUT2D eigenvalue weighted by Gasteiger charge is -2.19. The zero-order chi connectivity index (χ0) is 13.9. The fourth-order valence-corrected chi connectivity index (χ4v) is 2.67. The molecule has 3 rings (SSSR count). The lowest BCUT2D eigenvalue weighted by molar-refractivity contribution is 0.102. The number of aromatic amines is 1. The average Bonchev–Trinajstić information content (AvgIpc) is 2.47. The number of aryl methyl sites for hydroxylation is 1. The van der Waals surface area contributed by atoms with Crippen LogP contribution in [0.3, 0.4) is 0 Å². The van der Waals surface area contributed by atoms with Crippen LogP contribution >= 0.6 is 0 Å². The van der Waals surface area contributed by atoms with Crippen molar-refractivity contribution in [1.82, 2.24) is 4.98 Å². The van der Waals surface area contributed by atoms with Crippen molar-refractivity contribution in [2.75, 3.05) is 5.32 Å². The molecule has 0 bridgehead atoms. The smallest absolute Gasteiger partial charge is 0.272 e. The van der Waals surface area contributed by atoms with Crippen LogP contribution in [-0.4, -0.2) is 10.9 Å². The number of hydrogen-bond acceptors (Lipinski definition) is 2. The summed E-state index contributed by atoms with van der Waals surface area (Å²) in [5.41, 5.74) is 3.41. The van der Waals surface area contributed by atoms with Crippen LogP contribution in [0.5, 0.6) is 0 Å². The molecular formula is C16H16N2O2. The molecule has 1 aromatic carbocycles. The Balaban J connectivity index is 1.88. The van der Waals surface area contributed by atoms with E-state index in [0.29, 0.717) is 0 Å². The second-order valence-corrected chi connectivity index (χ2v) is 5.03. The van der Waals surface area contributed by atoms with Crippen LogP contribution < -0.4 is 10.9 Å². The standard InChI is InChI=1S/C16H16N2O2/c19-15-10-4-9-14(17-15)16(20)18-13-8-3-6-11-5-1-2-7-12(11)13/h3-4,6,8-10H,1-2,5,7H2,(H,17,19)(H,18,20). The predicted molar refractivity (Wildman–Crippen MR) is 78.1 cm³/mol. The van der Waals surface area contributed by atoms with Crippen molar-refractivity contribution in [2.24, 2.45) is 0 Å². The fourth-order valence-electron chi connectivity index (χ4n) is 2.67. The minimum absolute atomic E-state index is 0.271. The Morgan fingerprint density at radius 2 is 1.85 bits per heavy atom. The summed E-state index contributed by atoms with van der Waals surface area (Å²) < 4.78 is 0. The highest BCUT2D eigenvalue weighted by molar-refractivity contribution is 6.03. The average molecular weight is 268 g/mol. The molecule has 102 valence electrons. The maximum Gasteiger partial charge on any atom is 0.272 e. The molecule has 0 spiro atoms. The number of H-pyrrole nitrogens is 1. The molecule has 1 aliphatic rings. The molecule has 1 amide bonds. The second kappa shape index (κ2) is 5.33. The van der Waals surface area contributed by atoms with Gasteiger partial charge in [0.05, 0.1) is 0 Å². The maximum atomic E-state index is 12.2. The molecule has 0 aliphatic heterocycles. The summed E-state index contributed by atoms with van der Waals surface area (Å²) in [6.45, 7) is 0. The van der Waals surface area contributed by atoms with E-state index in [1.54, 1.807) is 12.1 Å². The van der Waals surface area contributed by atoms with E-state index in [1.165, 1.54) is 23.6 Å². The SMILES string of the molecule is O=C(Nc1cccc2c1CCCC2)c1cccc(=O)[nH]1. The van der Waals surface area contributed by atoms with Crippen molar-refractivity contribution in [3.8, 4) is 0 Å². The highest BCUT2D eigenvalue weighted by Gasteiger charge is 2.15. The van der Waals surface area contributed by atoms with Gasteiger partial charge in [-0.2, -0.15) is 0 Å². The summed E-state index contributed by atoms with van der Waals surface area (Å²) in [5, 5.41) is 2.90. The molecule has 20 heavy (non-hydrogen) atoms. The third kappa shape index (κ3) is 2.50. The number of pyridine rings is 1. The maximum absolute atomic E-state index is 12.2. The lowest BCUT2D eigenvalue weighted by atomic mass is 9.90. The number of carbonyl (C=O) groups is 1. The van der Waals surface area contributed by atoms with Crippen LogP contribution in [-0.2, 0) is 12.8 Å². The van der Waals surface area contributed by atoms with Gasteiger partial charge in [0.1, 0.15) is 5.69 Å². The molecule has 4 heteroatoms. The molecule has 0 fully saturated rings. The summed E-state index contributed by atoms with van der Waals surface area (Å²) >= 11 is 0. The van der Waals surface area contributed by atoms with Gasteiger partial charge in [0.2, 0.25) is 5.56 Å². The van der Waals surface area contributed by atoms with Crippen LogP contribution in [0.25, 0.3) is 0 Å². The molecule has 0 saturated carbocycles. The lowest BCUT2D eigenvalue weighted by Crippen LogP contribution is -2.19. The molecule has 1 aliphatic carbocycles.